The molecule has 5 fully saturated rings. The SMILES string of the molecule is CC(=O)O[C@H]([C@@H](C)[C@H](C)C(C)(C)OC(C)=O)[C@]1(C)O[C@]12[C@@H](O)C[C@H]1[C@@H]3CC[C@H]4CC(=O)CC[C@]4(C)[C@H]3CC[C@@]12C. The normalized spacial score (nSPS) is 46.5. The summed E-state index contributed by atoms with van der Waals surface area (Å²) in [6.07, 6.45) is 6.11. The lowest BCUT2D eigenvalue weighted by Gasteiger charge is -2.60. The van der Waals surface area contributed by atoms with Gasteiger partial charge in [0.15, 0.2) is 0 Å². The van der Waals surface area contributed by atoms with Crippen LogP contribution in [0, 0.1) is 46.3 Å². The van der Waals surface area contributed by atoms with Gasteiger partial charge in [-0.25, -0.2) is 0 Å². The van der Waals surface area contributed by atoms with Crippen LogP contribution in [0.4, 0.5) is 0 Å². The van der Waals surface area contributed by atoms with Gasteiger partial charge in [-0.3, -0.25) is 14.4 Å². The molecule has 5 rings (SSSR count). The number of aliphatic hydroxyl groups is 1. The Labute approximate surface area is 240 Å². The lowest BCUT2D eigenvalue weighted by molar-refractivity contribution is -0.169. The molecule has 0 bridgehead atoms. The van der Waals surface area contributed by atoms with E-state index in [9.17, 15) is 19.5 Å². The second-order valence-corrected chi connectivity index (χ2v) is 15.4. The van der Waals surface area contributed by atoms with Crippen LogP contribution >= 0.6 is 0 Å². The van der Waals surface area contributed by atoms with Gasteiger partial charge in [0, 0.05) is 43.9 Å². The summed E-state index contributed by atoms with van der Waals surface area (Å²) in [5.74, 6) is 1.25. The van der Waals surface area contributed by atoms with Gasteiger partial charge in [0.2, 0.25) is 0 Å². The number of carbonyl (C=O) groups is 3. The van der Waals surface area contributed by atoms with Crippen molar-refractivity contribution in [2.75, 3.05) is 0 Å². The number of Topliss-reactive ketones (excluding diaryl/α,β-unsaturated/α-hetero) is 1. The zero-order chi connectivity index (χ0) is 29.6. The second kappa shape index (κ2) is 9.52. The molecule has 12 atom stereocenters. The fourth-order valence-electron chi connectivity index (χ4n) is 11.0. The van der Waals surface area contributed by atoms with Crippen LogP contribution in [-0.4, -0.2) is 51.8 Å². The molecule has 0 amide bonds. The number of ketones is 1. The highest BCUT2D eigenvalue weighted by Crippen LogP contribution is 2.76. The standard InChI is InChI=1S/C33H52O7/c1-18(19(2)29(5,6)39-21(4)35)28(38-20(3)34)32(9)33(40-32)27(37)17-26-24-11-10-22-16-23(36)12-14-30(22,7)25(24)13-15-31(26,33)8/h18-19,22,24-28,37H,10-17H2,1-9H3/t18-,19-,22-,24+,25-,26-,27-,28+,30-,31-,32-,33-/m0/s1. The topological polar surface area (TPSA) is 102 Å². The van der Waals surface area contributed by atoms with E-state index in [2.05, 4.69) is 13.8 Å². The van der Waals surface area contributed by atoms with Gasteiger partial charge in [-0.2, -0.15) is 0 Å². The Morgan fingerprint density at radius 3 is 2.33 bits per heavy atom. The van der Waals surface area contributed by atoms with Crippen LogP contribution in [0.1, 0.15) is 114 Å². The third-order valence-corrected chi connectivity index (χ3v) is 13.3. The maximum atomic E-state index is 12.5. The van der Waals surface area contributed by atoms with Crippen molar-refractivity contribution in [3.05, 3.63) is 0 Å². The summed E-state index contributed by atoms with van der Waals surface area (Å²) < 4.78 is 18.6. The third-order valence-electron chi connectivity index (χ3n) is 13.3. The zero-order valence-electron chi connectivity index (χ0n) is 26.2. The first kappa shape index (κ1) is 30.0. The lowest BCUT2D eigenvalue weighted by atomic mass is 9.44. The molecule has 226 valence electrons. The first-order chi connectivity index (χ1) is 18.4. The smallest absolute Gasteiger partial charge is 0.303 e. The van der Waals surface area contributed by atoms with E-state index in [0.717, 1.165) is 38.5 Å². The van der Waals surface area contributed by atoms with Crippen LogP contribution in [0.15, 0.2) is 0 Å². The van der Waals surface area contributed by atoms with E-state index in [-0.39, 0.29) is 34.6 Å². The monoisotopic (exact) mass is 560 g/mol. The van der Waals surface area contributed by atoms with Crippen molar-refractivity contribution in [1.82, 2.24) is 0 Å². The van der Waals surface area contributed by atoms with Crippen LogP contribution in [-0.2, 0) is 28.6 Å². The zero-order valence-corrected chi connectivity index (χ0v) is 26.2. The molecule has 1 aliphatic heterocycles. The second-order valence-electron chi connectivity index (χ2n) is 15.4. The van der Waals surface area contributed by atoms with Crippen LogP contribution in [0.5, 0.6) is 0 Å². The number of ether oxygens (including phenoxy) is 3. The van der Waals surface area contributed by atoms with Gasteiger partial charge < -0.3 is 19.3 Å². The van der Waals surface area contributed by atoms with E-state index in [4.69, 9.17) is 14.2 Å². The van der Waals surface area contributed by atoms with Gasteiger partial charge in [0.1, 0.15) is 28.7 Å². The number of fused-ring (bicyclic) bond motifs is 6. The van der Waals surface area contributed by atoms with Crippen LogP contribution < -0.4 is 0 Å². The summed E-state index contributed by atoms with van der Waals surface area (Å²) in [7, 11) is 0. The van der Waals surface area contributed by atoms with Crippen molar-refractivity contribution in [1.29, 1.82) is 0 Å². The Balaban J connectivity index is 1.45. The van der Waals surface area contributed by atoms with Gasteiger partial charge in [0.25, 0.3) is 0 Å². The molecule has 7 nitrogen and oxygen atoms in total. The highest BCUT2D eigenvalue weighted by molar-refractivity contribution is 5.79. The highest BCUT2D eigenvalue weighted by Gasteiger charge is 2.86. The van der Waals surface area contributed by atoms with Crippen LogP contribution in [0.25, 0.3) is 0 Å². The quantitative estimate of drug-likeness (QED) is 0.331. The summed E-state index contributed by atoms with van der Waals surface area (Å²) >= 11 is 0. The van der Waals surface area contributed by atoms with Gasteiger partial charge in [-0.15, -0.1) is 0 Å². The molecule has 1 saturated heterocycles. The largest absolute Gasteiger partial charge is 0.460 e. The van der Waals surface area contributed by atoms with E-state index >= 15 is 0 Å². The number of carbonyl (C=O) groups excluding carboxylic acids is 3. The van der Waals surface area contributed by atoms with E-state index < -0.39 is 29.0 Å². The summed E-state index contributed by atoms with van der Waals surface area (Å²) in [5.41, 5.74) is -2.47. The molecule has 4 aliphatic carbocycles. The molecule has 4 saturated carbocycles. The average Bonchev–Trinajstić information content (AvgIpc) is 3.44. The number of epoxide rings is 1. The minimum Gasteiger partial charge on any atom is -0.460 e. The number of aliphatic hydroxyl groups excluding tert-OH is 1. The Kier molecular flexibility index (Phi) is 7.14. The Morgan fingerprint density at radius 2 is 1.70 bits per heavy atom. The van der Waals surface area contributed by atoms with E-state index in [0.29, 0.717) is 42.3 Å². The molecule has 0 aromatic heterocycles. The van der Waals surface area contributed by atoms with Gasteiger partial charge >= 0.3 is 11.9 Å². The van der Waals surface area contributed by atoms with Gasteiger partial charge in [-0.05, 0) is 88.4 Å². The molecule has 5 aliphatic rings. The minimum atomic E-state index is -0.854. The first-order valence-electron chi connectivity index (χ1n) is 15.7. The molecule has 1 spiro atoms. The van der Waals surface area contributed by atoms with Crippen molar-refractivity contribution in [2.45, 2.75) is 143 Å². The Hall–Kier alpha value is -1.47. The fourth-order valence-corrected chi connectivity index (χ4v) is 11.0. The first-order valence-corrected chi connectivity index (χ1v) is 15.7. The van der Waals surface area contributed by atoms with E-state index in [1.165, 1.54) is 13.8 Å². The highest BCUT2D eigenvalue weighted by atomic mass is 16.7. The molecule has 40 heavy (non-hydrogen) atoms. The average molecular weight is 561 g/mol. The lowest BCUT2D eigenvalue weighted by Crippen LogP contribution is -2.58. The van der Waals surface area contributed by atoms with Crippen molar-refractivity contribution in [3.63, 3.8) is 0 Å². The predicted molar refractivity (Wildman–Crippen MR) is 150 cm³/mol. The van der Waals surface area contributed by atoms with Crippen LogP contribution in [0.3, 0.4) is 0 Å². The van der Waals surface area contributed by atoms with Crippen LogP contribution in [0.2, 0.25) is 0 Å². The maximum absolute atomic E-state index is 12.5. The van der Waals surface area contributed by atoms with E-state index in [1.807, 2.05) is 34.6 Å². The van der Waals surface area contributed by atoms with Crippen molar-refractivity contribution >= 4 is 17.7 Å². The molecule has 7 heteroatoms. The molecule has 1 heterocycles. The molecule has 0 radical (unpaired) electrons. The molecular formula is C33H52O7. The summed E-state index contributed by atoms with van der Waals surface area (Å²) in [4.78, 5) is 36.6. The maximum Gasteiger partial charge on any atom is 0.303 e. The molecule has 1 N–H and O–H groups in total. The molecule has 0 unspecified atom stereocenters. The van der Waals surface area contributed by atoms with Crippen molar-refractivity contribution < 1.29 is 33.7 Å². The number of hydrogen-bond donors (Lipinski definition) is 1. The fraction of sp³-hybridized carbons (Fsp3) is 0.909. The predicted octanol–water partition coefficient (Wildman–Crippen LogP) is 5.64. The van der Waals surface area contributed by atoms with Gasteiger partial charge in [0.05, 0.1) is 6.10 Å². The summed E-state index contributed by atoms with van der Waals surface area (Å²) in [6.45, 7) is 17.5. The third kappa shape index (κ3) is 4.06. The minimum absolute atomic E-state index is 0.138. The Bertz CT molecular complexity index is 1070. The number of esters is 2. The summed E-state index contributed by atoms with van der Waals surface area (Å²) in [6, 6.07) is 0. The number of hydrogen-bond acceptors (Lipinski definition) is 7. The summed E-state index contributed by atoms with van der Waals surface area (Å²) in [5, 5.41) is 11.9. The molecular weight excluding hydrogens is 508 g/mol. The Morgan fingerprint density at radius 1 is 1.02 bits per heavy atom. The number of rotatable bonds is 6. The van der Waals surface area contributed by atoms with Gasteiger partial charge in [-0.1, -0.05) is 27.7 Å². The molecule has 0 aromatic rings. The van der Waals surface area contributed by atoms with Crippen molar-refractivity contribution in [3.8, 4) is 0 Å². The molecule has 0 aromatic carbocycles. The van der Waals surface area contributed by atoms with E-state index in [1.54, 1.807) is 0 Å². The van der Waals surface area contributed by atoms with Crippen molar-refractivity contribution in [2.24, 2.45) is 46.3 Å².